The maximum Gasteiger partial charge on any atom is 0.245 e. The van der Waals surface area contributed by atoms with E-state index in [1.165, 1.54) is 11.4 Å². The van der Waals surface area contributed by atoms with Gasteiger partial charge in [-0.1, -0.05) is 12.8 Å². The Morgan fingerprint density at radius 3 is 2.48 bits per heavy atom. The number of rotatable bonds is 5. The molecule has 7 heteroatoms. The van der Waals surface area contributed by atoms with E-state index in [9.17, 15) is 17.2 Å². The Labute approximate surface area is 124 Å². The molecule has 4 nitrogen and oxygen atoms in total. The molecule has 0 unspecified atom stereocenters. The highest BCUT2D eigenvalue weighted by atomic mass is 32.2. The van der Waals surface area contributed by atoms with E-state index in [1.807, 2.05) is 0 Å². The van der Waals surface area contributed by atoms with E-state index in [-0.39, 0.29) is 18.2 Å². The zero-order chi connectivity index (χ0) is 15.6. The fourth-order valence-corrected chi connectivity index (χ4v) is 4.24. The van der Waals surface area contributed by atoms with Crippen molar-refractivity contribution in [2.75, 3.05) is 14.1 Å². The van der Waals surface area contributed by atoms with Crippen LogP contribution in [0.4, 0.5) is 8.78 Å². The molecule has 1 N–H and O–H groups in total. The number of halogens is 2. The summed E-state index contributed by atoms with van der Waals surface area (Å²) < 4.78 is 54.3. The molecule has 1 fully saturated rings. The van der Waals surface area contributed by atoms with Crippen LogP contribution in [-0.4, -0.2) is 32.9 Å². The molecule has 0 saturated heterocycles. The molecule has 118 valence electrons. The van der Waals surface area contributed by atoms with Crippen molar-refractivity contribution in [3.05, 3.63) is 29.3 Å². The number of benzene rings is 1. The maximum atomic E-state index is 14.4. The van der Waals surface area contributed by atoms with E-state index >= 15 is 0 Å². The molecule has 1 saturated carbocycles. The SMILES string of the molecule is CNCc1c(F)ccc(S(=O)(=O)N(C)C2CCCC2)c1F. The van der Waals surface area contributed by atoms with Crippen molar-refractivity contribution in [3.63, 3.8) is 0 Å². The Morgan fingerprint density at radius 2 is 1.90 bits per heavy atom. The fraction of sp³-hybridized carbons (Fsp3) is 0.571. The largest absolute Gasteiger partial charge is 0.315 e. The van der Waals surface area contributed by atoms with E-state index in [0.29, 0.717) is 0 Å². The van der Waals surface area contributed by atoms with Crippen LogP contribution in [0, 0.1) is 11.6 Å². The molecular formula is C14H20F2N2O2S. The summed E-state index contributed by atoms with van der Waals surface area (Å²) in [4.78, 5) is -0.455. The molecular weight excluding hydrogens is 298 g/mol. The zero-order valence-electron chi connectivity index (χ0n) is 12.2. The molecule has 0 aliphatic heterocycles. The second-order valence-corrected chi connectivity index (χ2v) is 7.29. The molecule has 1 aromatic carbocycles. The lowest BCUT2D eigenvalue weighted by atomic mass is 10.2. The molecule has 0 aromatic heterocycles. The first kappa shape index (κ1) is 16.3. The van der Waals surface area contributed by atoms with Crippen molar-refractivity contribution in [2.45, 2.75) is 43.2 Å². The molecule has 0 amide bonds. The zero-order valence-corrected chi connectivity index (χ0v) is 13.0. The van der Waals surface area contributed by atoms with Crippen LogP contribution in [-0.2, 0) is 16.6 Å². The highest BCUT2D eigenvalue weighted by Gasteiger charge is 2.33. The minimum Gasteiger partial charge on any atom is -0.315 e. The minimum absolute atomic E-state index is 0.0613. The van der Waals surface area contributed by atoms with E-state index < -0.39 is 26.6 Å². The van der Waals surface area contributed by atoms with Crippen molar-refractivity contribution in [2.24, 2.45) is 0 Å². The quantitative estimate of drug-likeness (QED) is 0.906. The van der Waals surface area contributed by atoms with Crippen molar-refractivity contribution in [1.29, 1.82) is 0 Å². The summed E-state index contributed by atoms with van der Waals surface area (Å²) in [6, 6.07) is 1.91. The second kappa shape index (κ2) is 6.37. The summed E-state index contributed by atoms with van der Waals surface area (Å²) in [6.07, 6.45) is 3.51. The monoisotopic (exact) mass is 318 g/mol. The van der Waals surface area contributed by atoms with Gasteiger partial charge in [0.25, 0.3) is 0 Å². The molecule has 21 heavy (non-hydrogen) atoms. The first-order chi connectivity index (χ1) is 9.89. The van der Waals surface area contributed by atoms with Crippen LogP contribution < -0.4 is 5.32 Å². The number of sulfonamides is 1. The smallest absolute Gasteiger partial charge is 0.245 e. The van der Waals surface area contributed by atoms with Crippen LogP contribution in [0.1, 0.15) is 31.2 Å². The van der Waals surface area contributed by atoms with Gasteiger partial charge in [0, 0.05) is 25.2 Å². The van der Waals surface area contributed by atoms with Crippen LogP contribution in [0.2, 0.25) is 0 Å². The van der Waals surface area contributed by atoms with Gasteiger partial charge in [0.15, 0.2) is 5.82 Å². The number of hydrogen-bond acceptors (Lipinski definition) is 3. The number of nitrogens with zero attached hydrogens (tertiary/aromatic N) is 1. The Balaban J connectivity index is 2.42. The molecule has 0 atom stereocenters. The van der Waals surface area contributed by atoms with E-state index in [4.69, 9.17) is 0 Å². The predicted octanol–water partition coefficient (Wildman–Crippen LogP) is 2.25. The highest BCUT2D eigenvalue weighted by Crippen LogP contribution is 2.29. The first-order valence-electron chi connectivity index (χ1n) is 6.99. The Kier molecular flexibility index (Phi) is 4.95. The second-order valence-electron chi connectivity index (χ2n) is 5.33. The number of nitrogens with one attached hydrogen (secondary N) is 1. The Morgan fingerprint density at radius 1 is 1.29 bits per heavy atom. The van der Waals surface area contributed by atoms with Crippen LogP contribution in [0.5, 0.6) is 0 Å². The van der Waals surface area contributed by atoms with Gasteiger partial charge in [0.1, 0.15) is 10.7 Å². The van der Waals surface area contributed by atoms with Crippen molar-refractivity contribution in [3.8, 4) is 0 Å². The molecule has 0 radical (unpaired) electrons. The molecule has 0 bridgehead atoms. The molecule has 2 rings (SSSR count). The maximum absolute atomic E-state index is 14.4. The van der Waals surface area contributed by atoms with Gasteiger partial charge in [-0.15, -0.1) is 0 Å². The number of hydrogen-bond donors (Lipinski definition) is 1. The molecule has 0 heterocycles. The van der Waals surface area contributed by atoms with E-state index in [2.05, 4.69) is 5.32 Å². The third-order valence-electron chi connectivity index (χ3n) is 4.00. The van der Waals surface area contributed by atoms with Gasteiger partial charge in [-0.3, -0.25) is 0 Å². The fourth-order valence-electron chi connectivity index (χ4n) is 2.73. The van der Waals surface area contributed by atoms with Crippen molar-refractivity contribution >= 4 is 10.0 Å². The third-order valence-corrected chi connectivity index (χ3v) is 5.93. The molecule has 1 aromatic rings. The average Bonchev–Trinajstić information content (AvgIpc) is 2.96. The Hall–Kier alpha value is -1.05. The lowest BCUT2D eigenvalue weighted by Gasteiger charge is -2.24. The third kappa shape index (κ3) is 3.09. The molecule has 1 aliphatic rings. The van der Waals surface area contributed by atoms with Crippen LogP contribution in [0.3, 0.4) is 0 Å². The van der Waals surface area contributed by atoms with Gasteiger partial charge >= 0.3 is 0 Å². The Bertz CT molecular complexity index is 614. The summed E-state index contributed by atoms with van der Waals surface area (Å²) in [6.45, 7) is -0.0613. The van der Waals surface area contributed by atoms with Gasteiger partial charge in [-0.2, -0.15) is 4.31 Å². The van der Waals surface area contributed by atoms with Crippen LogP contribution >= 0.6 is 0 Å². The standard InChI is InChI=1S/C14H20F2N2O2S/c1-17-9-11-12(15)7-8-13(14(11)16)21(19,20)18(2)10-5-3-4-6-10/h7-8,10,17H,3-6,9H2,1-2H3. The first-order valence-corrected chi connectivity index (χ1v) is 8.43. The summed E-state index contributed by atoms with van der Waals surface area (Å²) in [5.74, 6) is -1.75. The summed E-state index contributed by atoms with van der Waals surface area (Å²) in [5, 5.41) is 2.64. The van der Waals surface area contributed by atoms with Gasteiger partial charge in [0.05, 0.1) is 0 Å². The summed E-state index contributed by atoms with van der Waals surface area (Å²) >= 11 is 0. The van der Waals surface area contributed by atoms with Crippen molar-refractivity contribution in [1.82, 2.24) is 9.62 Å². The van der Waals surface area contributed by atoms with E-state index in [0.717, 1.165) is 37.8 Å². The van der Waals surface area contributed by atoms with Crippen LogP contribution in [0.25, 0.3) is 0 Å². The normalized spacial score (nSPS) is 16.8. The predicted molar refractivity (Wildman–Crippen MR) is 76.3 cm³/mol. The average molecular weight is 318 g/mol. The lowest BCUT2D eigenvalue weighted by molar-refractivity contribution is 0.370. The van der Waals surface area contributed by atoms with E-state index in [1.54, 1.807) is 7.05 Å². The van der Waals surface area contributed by atoms with Crippen molar-refractivity contribution < 1.29 is 17.2 Å². The topological polar surface area (TPSA) is 49.4 Å². The van der Waals surface area contributed by atoms with Gasteiger partial charge in [-0.25, -0.2) is 17.2 Å². The van der Waals surface area contributed by atoms with Gasteiger partial charge in [0.2, 0.25) is 10.0 Å². The van der Waals surface area contributed by atoms with Crippen LogP contribution in [0.15, 0.2) is 17.0 Å². The van der Waals surface area contributed by atoms with Gasteiger partial charge in [-0.05, 0) is 32.0 Å². The minimum atomic E-state index is -3.95. The molecule has 0 spiro atoms. The highest BCUT2D eigenvalue weighted by molar-refractivity contribution is 7.89. The summed E-state index contributed by atoms with van der Waals surface area (Å²) in [7, 11) is -0.936. The summed E-state index contributed by atoms with van der Waals surface area (Å²) in [5.41, 5.74) is -0.251. The van der Waals surface area contributed by atoms with Gasteiger partial charge < -0.3 is 5.32 Å². The molecule has 1 aliphatic carbocycles. The lowest BCUT2D eigenvalue weighted by Crippen LogP contribution is -2.35.